The van der Waals surface area contributed by atoms with Crippen molar-refractivity contribution in [2.45, 2.75) is 32.7 Å². The van der Waals surface area contributed by atoms with E-state index in [2.05, 4.69) is 31.3 Å². The predicted octanol–water partition coefficient (Wildman–Crippen LogP) is 4.84. The van der Waals surface area contributed by atoms with Crippen LogP contribution in [0.2, 0.25) is 0 Å². The molecule has 0 heterocycles. The lowest BCUT2D eigenvalue weighted by molar-refractivity contribution is -0.117. The van der Waals surface area contributed by atoms with Crippen LogP contribution >= 0.6 is 0 Å². The van der Waals surface area contributed by atoms with Crippen LogP contribution in [0.3, 0.4) is 0 Å². The van der Waals surface area contributed by atoms with Crippen molar-refractivity contribution in [3.8, 4) is 0 Å². The summed E-state index contributed by atoms with van der Waals surface area (Å²) in [4.78, 5) is 12.0. The molecule has 120 valence electrons. The van der Waals surface area contributed by atoms with Gasteiger partial charge in [-0.15, -0.1) is 0 Å². The molecule has 0 spiro atoms. The van der Waals surface area contributed by atoms with Crippen LogP contribution in [0.4, 0.5) is 4.39 Å². The standard InChI is InChI=1S/C20H22FNO/c1-14(2)16-8-10-17(11-9-16)15(3)22-20(23)13-12-18-6-4-5-7-19(18)21/h4-15H,1-3H3,(H,22,23)/b13-12+/t15-/m0/s1. The topological polar surface area (TPSA) is 29.1 Å². The van der Waals surface area contributed by atoms with Crippen LogP contribution in [-0.4, -0.2) is 5.91 Å². The third-order valence-electron chi connectivity index (χ3n) is 3.78. The summed E-state index contributed by atoms with van der Waals surface area (Å²) in [7, 11) is 0. The van der Waals surface area contributed by atoms with Crippen LogP contribution in [0.25, 0.3) is 6.08 Å². The van der Waals surface area contributed by atoms with Crippen LogP contribution in [0.1, 0.15) is 49.4 Å². The summed E-state index contributed by atoms with van der Waals surface area (Å²) in [6.07, 6.45) is 2.84. The molecule has 1 amide bonds. The maximum atomic E-state index is 13.5. The van der Waals surface area contributed by atoms with Gasteiger partial charge in [-0.3, -0.25) is 4.79 Å². The second-order valence-corrected chi connectivity index (χ2v) is 5.91. The van der Waals surface area contributed by atoms with Gasteiger partial charge < -0.3 is 5.32 Å². The molecule has 1 N–H and O–H groups in total. The maximum absolute atomic E-state index is 13.5. The molecule has 0 aliphatic carbocycles. The highest BCUT2D eigenvalue weighted by molar-refractivity contribution is 5.92. The van der Waals surface area contributed by atoms with Crippen molar-refractivity contribution < 1.29 is 9.18 Å². The molecule has 3 heteroatoms. The molecule has 0 aromatic heterocycles. The Kier molecular flexibility index (Phi) is 5.69. The van der Waals surface area contributed by atoms with Crippen LogP contribution in [0, 0.1) is 5.82 Å². The van der Waals surface area contributed by atoms with Crippen molar-refractivity contribution >= 4 is 12.0 Å². The van der Waals surface area contributed by atoms with Crippen LogP contribution in [0.5, 0.6) is 0 Å². The lowest BCUT2D eigenvalue weighted by Gasteiger charge is -2.14. The average molecular weight is 311 g/mol. The first-order valence-corrected chi connectivity index (χ1v) is 7.80. The van der Waals surface area contributed by atoms with Gasteiger partial charge in [-0.25, -0.2) is 4.39 Å². The van der Waals surface area contributed by atoms with Gasteiger partial charge in [0.25, 0.3) is 0 Å². The van der Waals surface area contributed by atoms with E-state index in [1.165, 1.54) is 23.8 Å². The quantitative estimate of drug-likeness (QED) is 0.787. The number of amides is 1. The van der Waals surface area contributed by atoms with E-state index in [4.69, 9.17) is 0 Å². The molecule has 0 unspecified atom stereocenters. The van der Waals surface area contributed by atoms with Crippen molar-refractivity contribution in [3.63, 3.8) is 0 Å². The normalized spacial score (nSPS) is 12.6. The molecule has 0 bridgehead atoms. The van der Waals surface area contributed by atoms with Gasteiger partial charge in [0.05, 0.1) is 6.04 Å². The van der Waals surface area contributed by atoms with E-state index in [0.717, 1.165) is 5.56 Å². The Balaban J connectivity index is 1.98. The zero-order chi connectivity index (χ0) is 16.8. The minimum absolute atomic E-state index is 0.103. The van der Waals surface area contributed by atoms with E-state index in [9.17, 15) is 9.18 Å². The molecule has 0 fully saturated rings. The van der Waals surface area contributed by atoms with Gasteiger partial charge in [0, 0.05) is 11.6 Å². The van der Waals surface area contributed by atoms with Gasteiger partial charge in [-0.2, -0.15) is 0 Å². The molecule has 23 heavy (non-hydrogen) atoms. The largest absolute Gasteiger partial charge is 0.346 e. The SMILES string of the molecule is CC(C)c1ccc([C@H](C)NC(=O)/C=C/c2ccccc2F)cc1. The molecule has 1 atom stereocenters. The van der Waals surface area contributed by atoms with E-state index in [1.807, 2.05) is 19.1 Å². The molecular weight excluding hydrogens is 289 g/mol. The molecular formula is C20H22FNO. The fourth-order valence-electron chi connectivity index (χ4n) is 2.29. The highest BCUT2D eigenvalue weighted by atomic mass is 19.1. The highest BCUT2D eigenvalue weighted by Crippen LogP contribution is 2.18. The summed E-state index contributed by atoms with van der Waals surface area (Å²) >= 11 is 0. The van der Waals surface area contributed by atoms with Gasteiger partial charge in [0.2, 0.25) is 5.91 Å². The number of carbonyl (C=O) groups excluding carboxylic acids is 1. The Hall–Kier alpha value is -2.42. The summed E-state index contributed by atoms with van der Waals surface area (Å²) in [5.74, 6) is -0.0970. The van der Waals surface area contributed by atoms with Gasteiger partial charge in [0.1, 0.15) is 5.82 Å². The summed E-state index contributed by atoms with van der Waals surface area (Å²) in [6.45, 7) is 6.22. The number of nitrogens with one attached hydrogen (secondary N) is 1. The second kappa shape index (κ2) is 7.73. The van der Waals surface area contributed by atoms with E-state index in [-0.39, 0.29) is 17.8 Å². The number of rotatable bonds is 5. The maximum Gasteiger partial charge on any atom is 0.244 e. The Bertz CT molecular complexity index is 689. The second-order valence-electron chi connectivity index (χ2n) is 5.91. The Morgan fingerprint density at radius 2 is 1.61 bits per heavy atom. The van der Waals surface area contributed by atoms with Crippen LogP contribution < -0.4 is 5.32 Å². The van der Waals surface area contributed by atoms with E-state index < -0.39 is 0 Å². The number of carbonyl (C=O) groups is 1. The molecule has 2 aromatic carbocycles. The third-order valence-corrected chi connectivity index (χ3v) is 3.78. The Labute approximate surface area is 137 Å². The zero-order valence-electron chi connectivity index (χ0n) is 13.7. The smallest absolute Gasteiger partial charge is 0.244 e. The lowest BCUT2D eigenvalue weighted by Crippen LogP contribution is -2.24. The molecule has 2 rings (SSSR count). The van der Waals surface area contributed by atoms with Crippen molar-refractivity contribution in [3.05, 3.63) is 77.1 Å². The first-order valence-electron chi connectivity index (χ1n) is 7.80. The van der Waals surface area contributed by atoms with Crippen LogP contribution in [-0.2, 0) is 4.79 Å². The van der Waals surface area contributed by atoms with E-state index in [0.29, 0.717) is 11.5 Å². The Morgan fingerprint density at radius 3 is 2.22 bits per heavy atom. The lowest BCUT2D eigenvalue weighted by atomic mass is 9.99. The first-order chi connectivity index (χ1) is 11.0. The molecule has 0 saturated carbocycles. The monoisotopic (exact) mass is 311 g/mol. The summed E-state index contributed by atoms with van der Waals surface area (Å²) in [6, 6.07) is 14.5. The number of hydrogen-bond donors (Lipinski definition) is 1. The van der Waals surface area contributed by atoms with Crippen LogP contribution in [0.15, 0.2) is 54.6 Å². The van der Waals surface area contributed by atoms with Crippen molar-refractivity contribution in [2.75, 3.05) is 0 Å². The molecule has 0 radical (unpaired) electrons. The molecule has 2 nitrogen and oxygen atoms in total. The average Bonchev–Trinajstić information content (AvgIpc) is 2.54. The van der Waals surface area contributed by atoms with E-state index in [1.54, 1.807) is 18.2 Å². The van der Waals surface area contributed by atoms with E-state index >= 15 is 0 Å². The summed E-state index contributed by atoms with van der Waals surface area (Å²) in [5.41, 5.74) is 2.71. The minimum Gasteiger partial charge on any atom is -0.346 e. The molecule has 0 aliphatic rings. The number of halogens is 1. The van der Waals surface area contributed by atoms with Crippen molar-refractivity contribution in [1.82, 2.24) is 5.32 Å². The minimum atomic E-state index is -0.339. The van der Waals surface area contributed by atoms with Gasteiger partial charge in [-0.05, 0) is 36.1 Å². The van der Waals surface area contributed by atoms with Gasteiger partial charge in [-0.1, -0.05) is 56.3 Å². The van der Waals surface area contributed by atoms with Crippen molar-refractivity contribution in [2.24, 2.45) is 0 Å². The fraction of sp³-hybridized carbons (Fsp3) is 0.250. The fourth-order valence-corrected chi connectivity index (χ4v) is 2.29. The third kappa shape index (κ3) is 4.78. The highest BCUT2D eigenvalue weighted by Gasteiger charge is 2.08. The predicted molar refractivity (Wildman–Crippen MR) is 92.5 cm³/mol. The Morgan fingerprint density at radius 1 is 1.00 bits per heavy atom. The van der Waals surface area contributed by atoms with Gasteiger partial charge in [0.15, 0.2) is 0 Å². The number of benzene rings is 2. The molecule has 0 saturated heterocycles. The molecule has 2 aromatic rings. The molecule has 0 aliphatic heterocycles. The van der Waals surface area contributed by atoms with Crippen molar-refractivity contribution in [1.29, 1.82) is 0 Å². The summed E-state index contributed by atoms with van der Waals surface area (Å²) < 4.78 is 13.5. The first kappa shape index (κ1) is 16.9. The number of hydrogen-bond acceptors (Lipinski definition) is 1. The summed E-state index contributed by atoms with van der Waals surface area (Å²) in [5, 5.41) is 2.89. The zero-order valence-corrected chi connectivity index (χ0v) is 13.7. The van der Waals surface area contributed by atoms with Gasteiger partial charge >= 0.3 is 0 Å².